The number of carbonyl (C=O) groups is 1. The van der Waals surface area contributed by atoms with Crippen molar-refractivity contribution in [3.63, 3.8) is 0 Å². The number of carbonyl (C=O) groups excluding carboxylic acids is 1. The predicted molar refractivity (Wildman–Crippen MR) is 192 cm³/mol. The highest BCUT2D eigenvalue weighted by molar-refractivity contribution is 5.69. The third-order valence-electron chi connectivity index (χ3n) is 7.19. The highest BCUT2D eigenvalue weighted by Gasteiger charge is 2.03. The van der Waals surface area contributed by atoms with E-state index in [2.05, 4.69) is 6.92 Å². The van der Waals surface area contributed by atoms with E-state index in [-0.39, 0.29) is 12.6 Å². The van der Waals surface area contributed by atoms with Gasteiger partial charge < -0.3 is 52.1 Å². The Labute approximate surface area is 302 Å². The maximum atomic E-state index is 11.8. The third-order valence-corrected chi connectivity index (χ3v) is 7.19. The summed E-state index contributed by atoms with van der Waals surface area (Å²) in [6.45, 7) is 12.0. The van der Waals surface area contributed by atoms with Crippen LogP contribution in [0.4, 0.5) is 0 Å². The third kappa shape index (κ3) is 35.9. The van der Waals surface area contributed by atoms with E-state index in [4.69, 9.17) is 52.1 Å². The van der Waals surface area contributed by atoms with Crippen LogP contribution in [0, 0.1) is 0 Å². The molecule has 0 unspecified atom stereocenters. The second-order valence-electron chi connectivity index (χ2n) is 11.5. The molecule has 0 aliphatic rings. The molecule has 0 aliphatic carbocycles. The number of esters is 1. The van der Waals surface area contributed by atoms with Crippen LogP contribution in [0.5, 0.6) is 5.75 Å². The number of unbranched alkanes of at least 4 members (excludes halogenated alkanes) is 8. The number of rotatable bonds is 41. The Hall–Kier alpha value is -1.87. The molecule has 292 valence electrons. The molecule has 0 aromatic heterocycles. The zero-order chi connectivity index (χ0) is 35.7. The van der Waals surface area contributed by atoms with Crippen molar-refractivity contribution in [3.05, 3.63) is 30.3 Å². The first kappa shape index (κ1) is 46.2. The van der Waals surface area contributed by atoms with Crippen LogP contribution in [0.15, 0.2) is 30.3 Å². The molecule has 0 amide bonds. The zero-order valence-corrected chi connectivity index (χ0v) is 31.0. The summed E-state index contributed by atoms with van der Waals surface area (Å²) in [7, 11) is 0. The lowest BCUT2D eigenvalue weighted by atomic mass is 10.1. The lowest BCUT2D eigenvalue weighted by Crippen LogP contribution is -2.15. The fourth-order valence-corrected chi connectivity index (χ4v) is 4.46. The minimum atomic E-state index is -0.136. The Kier molecular flexibility index (Phi) is 36.8. The summed E-state index contributed by atoms with van der Waals surface area (Å²) < 4.78 is 60.1. The Bertz CT molecular complexity index is 801. The first-order valence-corrected chi connectivity index (χ1v) is 18.9. The van der Waals surface area contributed by atoms with Gasteiger partial charge >= 0.3 is 5.97 Å². The van der Waals surface area contributed by atoms with E-state index in [1.807, 2.05) is 30.3 Å². The molecule has 0 bridgehead atoms. The molecule has 0 atom stereocenters. The second kappa shape index (κ2) is 39.9. The highest BCUT2D eigenvalue weighted by Crippen LogP contribution is 2.11. The maximum Gasteiger partial charge on any atom is 0.305 e. The summed E-state index contributed by atoms with van der Waals surface area (Å²) in [6, 6.07) is 9.67. The standard InChI is InChI=1S/C38H68O12/c1-2-3-4-5-6-7-8-9-13-16-38(39)50-36-34-48-32-30-46-28-26-44-24-22-42-20-18-40-17-19-41-21-23-43-25-27-45-29-31-47-33-35-49-37-14-11-10-12-15-37/h10-12,14-15H,2-9,13,16-36H2,1H3. The monoisotopic (exact) mass is 716 g/mol. The molecule has 0 aliphatic heterocycles. The van der Waals surface area contributed by atoms with Crippen molar-refractivity contribution in [1.29, 1.82) is 0 Å². The fraction of sp³-hybridized carbons (Fsp3) is 0.816. The van der Waals surface area contributed by atoms with Gasteiger partial charge in [-0.1, -0.05) is 76.5 Å². The van der Waals surface area contributed by atoms with Crippen molar-refractivity contribution in [2.45, 2.75) is 71.1 Å². The van der Waals surface area contributed by atoms with E-state index in [1.54, 1.807) is 0 Å². The lowest BCUT2D eigenvalue weighted by molar-refractivity contribution is -0.145. The van der Waals surface area contributed by atoms with E-state index in [1.165, 1.54) is 44.9 Å². The predicted octanol–water partition coefficient (Wildman–Crippen LogP) is 5.68. The van der Waals surface area contributed by atoms with Crippen molar-refractivity contribution in [2.75, 3.05) is 132 Å². The van der Waals surface area contributed by atoms with Gasteiger partial charge in [-0.3, -0.25) is 4.79 Å². The molecule has 0 spiro atoms. The summed E-state index contributed by atoms with van der Waals surface area (Å²) in [4.78, 5) is 11.8. The Morgan fingerprint density at radius 2 is 0.720 bits per heavy atom. The molecule has 0 radical (unpaired) electrons. The smallest absolute Gasteiger partial charge is 0.305 e. The number of hydrogen-bond donors (Lipinski definition) is 0. The lowest BCUT2D eigenvalue weighted by Gasteiger charge is -2.09. The molecule has 1 aromatic rings. The number of para-hydroxylation sites is 1. The van der Waals surface area contributed by atoms with Crippen LogP contribution in [0.3, 0.4) is 0 Å². The van der Waals surface area contributed by atoms with Crippen molar-refractivity contribution < 1.29 is 56.9 Å². The highest BCUT2D eigenvalue weighted by atomic mass is 16.6. The van der Waals surface area contributed by atoms with Crippen LogP contribution in [0.2, 0.25) is 0 Å². The van der Waals surface area contributed by atoms with Crippen LogP contribution >= 0.6 is 0 Å². The van der Waals surface area contributed by atoms with Crippen LogP contribution in [-0.4, -0.2) is 138 Å². The molecule has 1 rings (SSSR count). The number of benzene rings is 1. The largest absolute Gasteiger partial charge is 0.491 e. The van der Waals surface area contributed by atoms with Gasteiger partial charge in [0.25, 0.3) is 0 Å². The van der Waals surface area contributed by atoms with E-state index in [0.29, 0.717) is 132 Å². The molecule has 1 aromatic carbocycles. The normalized spacial score (nSPS) is 11.3. The summed E-state index contributed by atoms with van der Waals surface area (Å²) in [5.41, 5.74) is 0. The average molecular weight is 717 g/mol. The second-order valence-corrected chi connectivity index (χ2v) is 11.5. The first-order valence-electron chi connectivity index (χ1n) is 18.9. The van der Waals surface area contributed by atoms with Gasteiger partial charge in [0.1, 0.15) is 19.0 Å². The number of hydrogen-bond acceptors (Lipinski definition) is 12. The van der Waals surface area contributed by atoms with Crippen molar-refractivity contribution in [3.8, 4) is 5.75 Å². The molecule has 12 heteroatoms. The quantitative estimate of drug-likeness (QED) is 0.0613. The molecule has 0 saturated carbocycles. The molecule has 12 nitrogen and oxygen atoms in total. The van der Waals surface area contributed by atoms with Gasteiger partial charge in [-0.2, -0.15) is 0 Å². The van der Waals surface area contributed by atoms with Crippen LogP contribution < -0.4 is 4.74 Å². The van der Waals surface area contributed by atoms with Gasteiger partial charge in [0, 0.05) is 6.42 Å². The van der Waals surface area contributed by atoms with Crippen LogP contribution in [-0.2, 0) is 52.2 Å². The van der Waals surface area contributed by atoms with Crippen molar-refractivity contribution in [2.24, 2.45) is 0 Å². The van der Waals surface area contributed by atoms with Crippen molar-refractivity contribution >= 4 is 5.97 Å². The Balaban J connectivity index is 1.63. The van der Waals surface area contributed by atoms with Gasteiger partial charge in [0.05, 0.1) is 119 Å². The molecule has 50 heavy (non-hydrogen) atoms. The average Bonchev–Trinajstić information content (AvgIpc) is 3.13. The van der Waals surface area contributed by atoms with Gasteiger partial charge in [-0.25, -0.2) is 0 Å². The molecule has 0 saturated heterocycles. The Morgan fingerprint density at radius 1 is 0.400 bits per heavy atom. The molecular weight excluding hydrogens is 648 g/mol. The van der Waals surface area contributed by atoms with Gasteiger partial charge in [-0.05, 0) is 18.6 Å². The van der Waals surface area contributed by atoms with Gasteiger partial charge in [-0.15, -0.1) is 0 Å². The topological polar surface area (TPSA) is 119 Å². The van der Waals surface area contributed by atoms with Crippen LogP contribution in [0.25, 0.3) is 0 Å². The molecule has 0 heterocycles. The summed E-state index contributed by atoms with van der Waals surface area (Å²) in [5, 5.41) is 0. The summed E-state index contributed by atoms with van der Waals surface area (Å²) >= 11 is 0. The molecule has 0 N–H and O–H groups in total. The summed E-state index contributed by atoms with van der Waals surface area (Å²) in [5.74, 6) is 0.707. The van der Waals surface area contributed by atoms with Gasteiger partial charge in [0.15, 0.2) is 0 Å². The number of ether oxygens (including phenoxy) is 11. The zero-order valence-electron chi connectivity index (χ0n) is 31.0. The summed E-state index contributed by atoms with van der Waals surface area (Å²) in [6.07, 6.45) is 11.6. The SMILES string of the molecule is CCCCCCCCCCCC(=O)OCCOCCOCCOCCOCCOCCOCCOCCOCCOCCOc1ccccc1. The van der Waals surface area contributed by atoms with E-state index >= 15 is 0 Å². The fourth-order valence-electron chi connectivity index (χ4n) is 4.46. The van der Waals surface area contributed by atoms with Gasteiger partial charge in [0.2, 0.25) is 0 Å². The maximum absolute atomic E-state index is 11.8. The van der Waals surface area contributed by atoms with E-state index < -0.39 is 0 Å². The minimum Gasteiger partial charge on any atom is -0.491 e. The van der Waals surface area contributed by atoms with E-state index in [9.17, 15) is 4.79 Å². The first-order chi connectivity index (χ1) is 24.8. The molecule has 0 fully saturated rings. The molecular formula is C38H68O12. The Morgan fingerprint density at radius 3 is 1.10 bits per heavy atom. The van der Waals surface area contributed by atoms with Crippen molar-refractivity contribution in [1.82, 2.24) is 0 Å². The minimum absolute atomic E-state index is 0.136. The van der Waals surface area contributed by atoms with Crippen LogP contribution in [0.1, 0.15) is 71.1 Å². The van der Waals surface area contributed by atoms with E-state index in [0.717, 1.165) is 18.6 Å².